The maximum absolute atomic E-state index is 13.6. The van der Waals surface area contributed by atoms with E-state index in [1.165, 1.54) is 13.1 Å². The number of aliphatic hydroxyl groups is 1. The molecule has 1 radical (unpaired) electrons. The number of carbonyl (C=O) groups excluding carboxylic acids is 1. The van der Waals surface area contributed by atoms with Crippen LogP contribution in [0.3, 0.4) is 0 Å². The number of methoxy groups -OCH3 is 2. The van der Waals surface area contributed by atoms with Crippen LogP contribution in [-0.4, -0.2) is 38.6 Å². The molecule has 0 bridgehead atoms. The molecule has 3 atom stereocenters. The Morgan fingerprint density at radius 1 is 1.06 bits per heavy atom. The zero-order valence-electron chi connectivity index (χ0n) is 17.9. The van der Waals surface area contributed by atoms with E-state index in [1.807, 2.05) is 42.5 Å². The van der Waals surface area contributed by atoms with Crippen LogP contribution in [0.25, 0.3) is 0 Å². The molecule has 2 unspecified atom stereocenters. The fourth-order valence-electron chi connectivity index (χ4n) is 5.23. The molecule has 6 heteroatoms. The number of carbonyl (C=O) groups is 1. The molecule has 0 spiro atoms. The van der Waals surface area contributed by atoms with E-state index in [0.29, 0.717) is 33.9 Å². The minimum absolute atomic E-state index is 0.125. The zero-order chi connectivity index (χ0) is 22.5. The molecule has 1 saturated carbocycles. The molecule has 5 rings (SSSR count). The van der Waals surface area contributed by atoms with Gasteiger partial charge in [0.05, 0.1) is 0 Å². The van der Waals surface area contributed by atoms with E-state index in [2.05, 4.69) is 0 Å². The van der Waals surface area contributed by atoms with Crippen LogP contribution in [0.15, 0.2) is 66.7 Å². The first-order chi connectivity index (χ1) is 15.5. The van der Waals surface area contributed by atoms with E-state index in [0.717, 1.165) is 5.56 Å². The predicted octanol–water partition coefficient (Wildman–Crippen LogP) is 3.25. The molecule has 159 valence electrons. The third kappa shape index (κ3) is 2.56. The quantitative estimate of drug-likeness (QED) is 0.636. The van der Waals surface area contributed by atoms with Crippen molar-refractivity contribution in [3.05, 3.63) is 89.0 Å². The van der Waals surface area contributed by atoms with Crippen molar-refractivity contribution < 1.29 is 24.1 Å². The van der Waals surface area contributed by atoms with Gasteiger partial charge in [-0.3, -0.25) is 0 Å². The van der Waals surface area contributed by atoms with E-state index in [9.17, 15) is 9.90 Å². The number of rotatable bonds is 5. The third-order valence-electron chi connectivity index (χ3n) is 6.68. The van der Waals surface area contributed by atoms with Crippen molar-refractivity contribution in [2.75, 3.05) is 14.2 Å². The van der Waals surface area contributed by atoms with Crippen LogP contribution in [0.5, 0.6) is 17.2 Å². The summed E-state index contributed by atoms with van der Waals surface area (Å²) in [6.45, 7) is 0. The number of ether oxygens (including phenoxy) is 3. The molecule has 5 nitrogen and oxygen atoms in total. The second-order valence-corrected chi connectivity index (χ2v) is 8.13. The van der Waals surface area contributed by atoms with E-state index < -0.39 is 17.1 Å². The predicted molar refractivity (Wildman–Crippen MR) is 122 cm³/mol. The third-order valence-corrected chi connectivity index (χ3v) is 6.68. The summed E-state index contributed by atoms with van der Waals surface area (Å²) in [5, 5.41) is 12.3. The van der Waals surface area contributed by atoms with Gasteiger partial charge in [0.2, 0.25) is 0 Å². The molecule has 1 heterocycles. The Morgan fingerprint density at radius 3 is 2.41 bits per heavy atom. The number of Topliss-reactive ketones (excluding diaryl/α,β-unsaturated/α-hetero) is 1. The molecule has 2 aliphatic rings. The summed E-state index contributed by atoms with van der Waals surface area (Å²) in [4.78, 5) is 13.6. The van der Waals surface area contributed by atoms with Gasteiger partial charge in [0.1, 0.15) is 0 Å². The number of benzene rings is 3. The van der Waals surface area contributed by atoms with Gasteiger partial charge in [-0.25, -0.2) is 0 Å². The monoisotopic (exact) mass is 425 g/mol. The Hall–Kier alpha value is -3.38. The Labute approximate surface area is 187 Å². The van der Waals surface area contributed by atoms with Crippen LogP contribution < -0.4 is 14.2 Å². The first-order valence-corrected chi connectivity index (χ1v) is 10.4. The van der Waals surface area contributed by atoms with Crippen LogP contribution in [0.1, 0.15) is 34.6 Å². The standard InChI is InChI=1S/C26H22BO5/c1-30-19-10-8-18(9-11-19)26-20(17-6-4-3-5-7-17)14-23(28)25(26,29)24-21(31-2)12-16(15-27)13-22(24)32-26/h3-13,15,20,29H,14H2,1-2H3/t20?,25-,26?/m1/s1. The van der Waals surface area contributed by atoms with E-state index in [4.69, 9.17) is 21.7 Å². The summed E-state index contributed by atoms with van der Waals surface area (Å²) >= 11 is 0. The maximum atomic E-state index is 13.6. The second-order valence-electron chi connectivity index (χ2n) is 8.13. The molecule has 1 fully saturated rings. The van der Waals surface area contributed by atoms with E-state index in [-0.39, 0.29) is 12.2 Å². The molecular weight excluding hydrogens is 403 g/mol. The fourth-order valence-corrected chi connectivity index (χ4v) is 5.23. The molecule has 0 saturated heterocycles. The number of hydrogen-bond donors (Lipinski definition) is 1. The van der Waals surface area contributed by atoms with E-state index >= 15 is 0 Å². The van der Waals surface area contributed by atoms with Crippen LogP contribution >= 0.6 is 0 Å². The van der Waals surface area contributed by atoms with Crippen molar-refractivity contribution >= 4 is 19.2 Å². The second kappa shape index (κ2) is 7.35. The fraction of sp³-hybridized carbons (Fsp3) is 0.231. The van der Waals surface area contributed by atoms with Gasteiger partial charge >= 0.3 is 187 Å². The van der Waals surface area contributed by atoms with Crippen molar-refractivity contribution in [2.24, 2.45) is 0 Å². The number of fused-ring (bicyclic) bond motifs is 3. The molecule has 1 aliphatic carbocycles. The molecular formula is C26H22BO5. The minimum atomic E-state index is -1.93. The Kier molecular flexibility index (Phi) is 4.71. The van der Waals surface area contributed by atoms with Gasteiger partial charge in [0, 0.05) is 0 Å². The normalized spacial score (nSPS) is 25.6. The Morgan fingerprint density at radius 2 is 1.78 bits per heavy atom. The van der Waals surface area contributed by atoms with Crippen LogP contribution in [-0.2, 0) is 16.0 Å². The van der Waals surface area contributed by atoms with Gasteiger partial charge in [-0.15, -0.1) is 0 Å². The van der Waals surface area contributed by atoms with Crippen LogP contribution in [0, 0.1) is 0 Å². The first kappa shape index (κ1) is 20.5. The van der Waals surface area contributed by atoms with Gasteiger partial charge in [-0.1, -0.05) is 0 Å². The molecule has 32 heavy (non-hydrogen) atoms. The molecule has 1 N–H and O–H groups in total. The van der Waals surface area contributed by atoms with E-state index in [1.54, 1.807) is 31.4 Å². The summed E-state index contributed by atoms with van der Waals surface area (Å²) < 4.78 is 17.5. The molecule has 3 aromatic carbocycles. The van der Waals surface area contributed by atoms with Gasteiger partial charge in [-0.05, 0) is 0 Å². The van der Waals surface area contributed by atoms with Gasteiger partial charge in [-0.2, -0.15) is 0 Å². The number of hydrogen-bond acceptors (Lipinski definition) is 5. The summed E-state index contributed by atoms with van der Waals surface area (Å²) in [5.41, 5.74) is -0.721. The molecule has 0 amide bonds. The van der Waals surface area contributed by atoms with Crippen LogP contribution in [0.2, 0.25) is 0 Å². The Balaban J connectivity index is 1.82. The molecule has 3 aromatic rings. The molecule has 1 aliphatic heterocycles. The zero-order valence-corrected chi connectivity index (χ0v) is 17.9. The first-order valence-electron chi connectivity index (χ1n) is 10.4. The van der Waals surface area contributed by atoms with Crippen molar-refractivity contribution in [2.45, 2.75) is 23.5 Å². The Bertz CT molecular complexity index is 1210. The number of ketones is 1. The molecule has 0 aromatic heterocycles. The van der Waals surface area contributed by atoms with Gasteiger partial charge < -0.3 is 0 Å². The average molecular weight is 425 g/mol. The van der Waals surface area contributed by atoms with Gasteiger partial charge in [0.25, 0.3) is 0 Å². The van der Waals surface area contributed by atoms with Crippen molar-refractivity contribution in [3.8, 4) is 17.2 Å². The average Bonchev–Trinajstić information content (AvgIpc) is 3.24. The summed E-state index contributed by atoms with van der Waals surface area (Å²) in [7, 11) is 8.85. The SMILES string of the molecule is [B]=Cc1cc(OC)c2c(c1)OC1(c3ccc(OC)cc3)C(c3ccccc3)CC(=O)[C@@]21O. The summed E-state index contributed by atoms with van der Waals surface area (Å²) in [6, 6.07) is 20.4. The van der Waals surface area contributed by atoms with Crippen molar-refractivity contribution in [1.82, 2.24) is 0 Å². The van der Waals surface area contributed by atoms with Gasteiger partial charge in [0.15, 0.2) is 0 Å². The summed E-state index contributed by atoms with van der Waals surface area (Å²) in [6.07, 6.45) is 0.125. The van der Waals surface area contributed by atoms with Crippen molar-refractivity contribution in [1.29, 1.82) is 0 Å². The van der Waals surface area contributed by atoms with Crippen LogP contribution in [0.4, 0.5) is 0 Å². The summed E-state index contributed by atoms with van der Waals surface area (Å²) in [5.74, 6) is 2.11. The van der Waals surface area contributed by atoms with Crippen molar-refractivity contribution in [3.63, 3.8) is 0 Å². The topological polar surface area (TPSA) is 65.0 Å².